The van der Waals surface area contributed by atoms with E-state index >= 15 is 0 Å². The normalized spacial score (nSPS) is 14.1. The van der Waals surface area contributed by atoms with Crippen LogP contribution in [0.2, 0.25) is 0 Å². The molecule has 0 aromatic carbocycles. The Kier molecular flexibility index (Phi) is 7.23. The van der Waals surface area contributed by atoms with E-state index < -0.39 is 0 Å². The summed E-state index contributed by atoms with van der Waals surface area (Å²) in [5.74, 6) is 0.733. The van der Waals surface area contributed by atoms with Gasteiger partial charge in [-0.2, -0.15) is 0 Å². The first-order valence-corrected chi connectivity index (χ1v) is 5.04. The lowest BCUT2D eigenvalue weighted by Gasteiger charge is -2.22. The van der Waals surface area contributed by atoms with Gasteiger partial charge in [0.2, 0.25) is 0 Å². The van der Waals surface area contributed by atoms with Gasteiger partial charge in [-0.15, -0.1) is 0 Å². The van der Waals surface area contributed by atoms with E-state index in [0.29, 0.717) is 0 Å². The molecule has 1 unspecified atom stereocenters. The van der Waals surface area contributed by atoms with Crippen LogP contribution in [-0.4, -0.2) is 64.2 Å². The highest BCUT2D eigenvalue weighted by Gasteiger charge is 2.05. The molecule has 0 aliphatic rings. The Morgan fingerprint density at radius 3 is 2.23 bits per heavy atom. The molecule has 1 atom stereocenters. The zero-order valence-corrected chi connectivity index (χ0v) is 9.80. The van der Waals surface area contributed by atoms with Crippen LogP contribution in [0, 0.1) is 5.92 Å². The van der Waals surface area contributed by atoms with Crippen LogP contribution in [0.4, 0.5) is 0 Å². The monoisotopic (exact) mass is 187 g/mol. The second-order valence-electron chi connectivity index (χ2n) is 4.23. The Bertz CT molecular complexity index is 115. The quantitative estimate of drug-likeness (QED) is 0.620. The van der Waals surface area contributed by atoms with Gasteiger partial charge in [0.05, 0.1) is 0 Å². The molecule has 80 valence electrons. The molecular weight excluding hydrogens is 162 g/mol. The molecule has 0 saturated carbocycles. The highest BCUT2D eigenvalue weighted by molar-refractivity contribution is 4.61. The highest BCUT2D eigenvalue weighted by atomic mass is 15.1. The molecule has 0 aliphatic heterocycles. The molecule has 0 aromatic rings. The third kappa shape index (κ3) is 8.22. The summed E-state index contributed by atoms with van der Waals surface area (Å²) in [7, 11) is 8.43. The fraction of sp³-hybridized carbons (Fsp3) is 1.00. The maximum atomic E-state index is 3.20. The van der Waals surface area contributed by atoms with Gasteiger partial charge < -0.3 is 15.1 Å². The average molecular weight is 187 g/mol. The van der Waals surface area contributed by atoms with Crippen LogP contribution < -0.4 is 5.32 Å². The summed E-state index contributed by atoms with van der Waals surface area (Å²) < 4.78 is 0. The van der Waals surface area contributed by atoms with Crippen LogP contribution in [0.1, 0.15) is 6.92 Å². The largest absolute Gasteiger partial charge is 0.319 e. The minimum absolute atomic E-state index is 0.733. The number of hydrogen-bond acceptors (Lipinski definition) is 3. The van der Waals surface area contributed by atoms with Gasteiger partial charge in [0.1, 0.15) is 0 Å². The Morgan fingerprint density at radius 1 is 1.15 bits per heavy atom. The van der Waals surface area contributed by atoms with Gasteiger partial charge in [0, 0.05) is 19.6 Å². The molecule has 0 fully saturated rings. The van der Waals surface area contributed by atoms with Crippen LogP contribution >= 0.6 is 0 Å². The van der Waals surface area contributed by atoms with Crippen LogP contribution in [0.5, 0.6) is 0 Å². The van der Waals surface area contributed by atoms with Crippen LogP contribution in [0.25, 0.3) is 0 Å². The average Bonchev–Trinajstić information content (AvgIpc) is 2.01. The highest BCUT2D eigenvalue weighted by Crippen LogP contribution is 1.95. The zero-order valence-electron chi connectivity index (χ0n) is 9.80. The van der Waals surface area contributed by atoms with Gasteiger partial charge in [0.15, 0.2) is 0 Å². The summed E-state index contributed by atoms with van der Waals surface area (Å²) in [6.07, 6.45) is 0. The predicted octanol–water partition coefficient (Wildman–Crippen LogP) is 0.335. The number of nitrogens with zero attached hydrogens (tertiary/aromatic N) is 2. The van der Waals surface area contributed by atoms with Crippen molar-refractivity contribution in [2.24, 2.45) is 5.92 Å². The van der Waals surface area contributed by atoms with Gasteiger partial charge in [0.25, 0.3) is 0 Å². The van der Waals surface area contributed by atoms with Gasteiger partial charge in [-0.05, 0) is 40.7 Å². The molecule has 0 rings (SSSR count). The zero-order chi connectivity index (χ0) is 10.3. The fourth-order valence-corrected chi connectivity index (χ4v) is 1.41. The number of rotatable bonds is 7. The maximum Gasteiger partial charge on any atom is 0.0106 e. The van der Waals surface area contributed by atoms with Gasteiger partial charge >= 0.3 is 0 Å². The van der Waals surface area contributed by atoms with Crippen molar-refractivity contribution in [1.29, 1.82) is 0 Å². The summed E-state index contributed by atoms with van der Waals surface area (Å²) >= 11 is 0. The van der Waals surface area contributed by atoms with E-state index in [1.165, 1.54) is 6.54 Å². The summed E-state index contributed by atoms with van der Waals surface area (Å²) in [6.45, 7) is 6.85. The summed E-state index contributed by atoms with van der Waals surface area (Å²) in [6, 6.07) is 0. The summed E-state index contributed by atoms with van der Waals surface area (Å²) in [5.41, 5.74) is 0. The Labute approximate surface area is 83.1 Å². The Balaban J connectivity index is 3.43. The number of hydrogen-bond donors (Lipinski definition) is 1. The van der Waals surface area contributed by atoms with E-state index in [9.17, 15) is 0 Å². The van der Waals surface area contributed by atoms with Gasteiger partial charge in [-0.25, -0.2) is 0 Å². The number of likely N-dealkylation sites (N-methyl/N-ethyl adjacent to an activating group) is 2. The summed E-state index contributed by atoms with van der Waals surface area (Å²) in [4.78, 5) is 4.61. The molecule has 3 heteroatoms. The van der Waals surface area contributed by atoms with E-state index in [2.05, 4.69) is 43.2 Å². The molecule has 1 N–H and O–H groups in total. The van der Waals surface area contributed by atoms with Crippen molar-refractivity contribution in [3.63, 3.8) is 0 Å². The molecule has 0 saturated heterocycles. The molecular formula is C10H25N3. The Hall–Kier alpha value is -0.120. The van der Waals surface area contributed by atoms with Crippen molar-refractivity contribution >= 4 is 0 Å². The minimum Gasteiger partial charge on any atom is -0.319 e. The van der Waals surface area contributed by atoms with Crippen LogP contribution in [-0.2, 0) is 0 Å². The van der Waals surface area contributed by atoms with Crippen molar-refractivity contribution in [2.45, 2.75) is 6.92 Å². The first-order valence-electron chi connectivity index (χ1n) is 5.04. The lowest BCUT2D eigenvalue weighted by Crippen LogP contribution is -2.34. The molecule has 0 amide bonds. The molecule has 0 aromatic heterocycles. The molecule has 0 spiro atoms. The van der Waals surface area contributed by atoms with Crippen molar-refractivity contribution < 1.29 is 0 Å². The Morgan fingerprint density at radius 2 is 1.77 bits per heavy atom. The van der Waals surface area contributed by atoms with Gasteiger partial charge in [-0.3, -0.25) is 0 Å². The van der Waals surface area contributed by atoms with Gasteiger partial charge in [-0.1, -0.05) is 6.92 Å². The van der Waals surface area contributed by atoms with Crippen molar-refractivity contribution in [3.05, 3.63) is 0 Å². The minimum atomic E-state index is 0.733. The van der Waals surface area contributed by atoms with E-state index in [4.69, 9.17) is 0 Å². The van der Waals surface area contributed by atoms with E-state index in [0.717, 1.165) is 25.6 Å². The topological polar surface area (TPSA) is 18.5 Å². The lowest BCUT2D eigenvalue weighted by molar-refractivity contribution is 0.251. The first kappa shape index (κ1) is 12.9. The SMILES string of the molecule is CNCC(C)CN(C)CCN(C)C. The molecule has 0 bridgehead atoms. The number of nitrogens with one attached hydrogen (secondary N) is 1. The van der Waals surface area contributed by atoms with Crippen molar-refractivity contribution in [1.82, 2.24) is 15.1 Å². The van der Waals surface area contributed by atoms with Crippen molar-refractivity contribution in [2.75, 3.05) is 54.4 Å². The summed E-state index contributed by atoms with van der Waals surface area (Å²) in [5, 5.41) is 3.20. The maximum absolute atomic E-state index is 3.20. The predicted molar refractivity (Wildman–Crippen MR) is 59.1 cm³/mol. The third-order valence-electron chi connectivity index (χ3n) is 2.10. The van der Waals surface area contributed by atoms with E-state index in [1.54, 1.807) is 0 Å². The molecule has 0 heterocycles. The molecule has 3 nitrogen and oxygen atoms in total. The van der Waals surface area contributed by atoms with E-state index in [1.807, 2.05) is 7.05 Å². The van der Waals surface area contributed by atoms with E-state index in [-0.39, 0.29) is 0 Å². The van der Waals surface area contributed by atoms with Crippen molar-refractivity contribution in [3.8, 4) is 0 Å². The molecule has 13 heavy (non-hydrogen) atoms. The van der Waals surface area contributed by atoms with Crippen LogP contribution in [0.15, 0.2) is 0 Å². The second-order valence-corrected chi connectivity index (χ2v) is 4.23. The molecule has 0 aliphatic carbocycles. The second kappa shape index (κ2) is 7.30. The standard InChI is InChI=1S/C10H25N3/c1-10(8-11-2)9-13(5)7-6-12(3)4/h10-11H,6-9H2,1-5H3. The smallest absolute Gasteiger partial charge is 0.0106 e. The fourth-order valence-electron chi connectivity index (χ4n) is 1.41. The van der Waals surface area contributed by atoms with Crippen LogP contribution in [0.3, 0.4) is 0 Å². The lowest BCUT2D eigenvalue weighted by atomic mass is 10.1. The first-order chi connectivity index (χ1) is 6.06. The third-order valence-corrected chi connectivity index (χ3v) is 2.10. The molecule has 0 radical (unpaired) electrons.